The van der Waals surface area contributed by atoms with Crippen LogP contribution in [0.5, 0.6) is 0 Å². The van der Waals surface area contributed by atoms with Gasteiger partial charge in [-0.2, -0.15) is 0 Å². The fraction of sp³-hybridized carbons (Fsp3) is 0.150. The Labute approximate surface area is 225 Å². The van der Waals surface area contributed by atoms with E-state index in [0.29, 0.717) is 23.7 Å². The van der Waals surface area contributed by atoms with Crippen LogP contribution in [0.2, 0.25) is 0 Å². The van der Waals surface area contributed by atoms with Crippen LogP contribution in [0.3, 0.4) is 0 Å². The summed E-state index contributed by atoms with van der Waals surface area (Å²) in [6, 6.07) is 20.2. The van der Waals surface area contributed by atoms with E-state index < -0.39 is 0 Å². The molecule has 7 aliphatic rings. The minimum atomic E-state index is 0.483. The minimum absolute atomic E-state index is 0.483. The van der Waals surface area contributed by atoms with Crippen LogP contribution < -0.4 is 0 Å². The third-order valence-electron chi connectivity index (χ3n) is 13.8. The van der Waals surface area contributed by atoms with Gasteiger partial charge in [0.2, 0.25) is 0 Å². The van der Waals surface area contributed by atoms with Crippen LogP contribution in [0, 0.1) is 10.4 Å². The molecule has 0 saturated heterocycles. The van der Waals surface area contributed by atoms with E-state index in [-0.39, 0.29) is 0 Å². The van der Waals surface area contributed by atoms with Crippen molar-refractivity contribution in [2.75, 3.05) is 0 Å². The largest absolute Gasteiger partial charge is 0.0571 e. The maximum absolute atomic E-state index is 2.56. The number of rotatable bonds is 0. The highest BCUT2D eigenvalue weighted by molar-refractivity contribution is 6.48. The Morgan fingerprint density at radius 3 is 1.25 bits per heavy atom. The normalized spacial score (nSPS) is 25.3. The molecule has 176 valence electrons. The van der Waals surface area contributed by atoms with E-state index in [2.05, 4.69) is 48.5 Å². The Morgan fingerprint density at radius 1 is 0.325 bits per heavy atom. The SMILES string of the molecule is c1cc2c3ccc4c5c3c3c6c7c8c9c%10c%11c(c=4ccc%11c4ccc%11c(c8c8c%12c7c(c1C%12CCC8%11)c23)c4%10)C5C69. The van der Waals surface area contributed by atoms with Gasteiger partial charge in [0.15, 0.2) is 0 Å². The van der Waals surface area contributed by atoms with E-state index in [4.69, 9.17) is 0 Å². The summed E-state index contributed by atoms with van der Waals surface area (Å²) in [7, 11) is 0. The molecular weight excluding hydrogens is 480 g/mol. The van der Waals surface area contributed by atoms with E-state index >= 15 is 0 Å². The van der Waals surface area contributed by atoms with Crippen LogP contribution in [-0.2, 0) is 0 Å². The Hall–Kier alpha value is -4.42. The third kappa shape index (κ3) is 1.09. The first-order chi connectivity index (χ1) is 19.9. The second kappa shape index (κ2) is 4.27. The molecule has 0 nitrogen and oxygen atoms in total. The second-order valence-corrected chi connectivity index (χ2v) is 14.3. The molecule has 9 aromatic rings. The lowest BCUT2D eigenvalue weighted by Crippen LogP contribution is -2.17. The number of fused-ring (bicyclic) bond motifs is 4. The van der Waals surface area contributed by atoms with Crippen LogP contribution in [0.4, 0.5) is 0 Å². The molecule has 16 rings (SSSR count). The van der Waals surface area contributed by atoms with Crippen LogP contribution in [0.15, 0.2) is 48.5 Å². The van der Waals surface area contributed by atoms with Crippen LogP contribution in [0.25, 0.3) is 86.2 Å². The molecule has 7 aliphatic carbocycles. The molecule has 0 radical (unpaired) electrons. The van der Waals surface area contributed by atoms with Crippen molar-refractivity contribution in [3.05, 3.63) is 103 Å². The fourth-order valence-electron chi connectivity index (χ4n) is 13.1. The summed E-state index contributed by atoms with van der Waals surface area (Å²) in [5, 5.41) is 29.1. The molecule has 2 atom stereocenters. The lowest BCUT2D eigenvalue weighted by molar-refractivity contribution is 0.585. The van der Waals surface area contributed by atoms with Gasteiger partial charge in [0.1, 0.15) is 0 Å². The first-order valence-electron chi connectivity index (χ1n) is 15.4. The van der Waals surface area contributed by atoms with Gasteiger partial charge in [0.05, 0.1) is 0 Å². The number of hydrogen-bond acceptors (Lipinski definition) is 0. The van der Waals surface area contributed by atoms with Gasteiger partial charge in [-0.3, -0.25) is 0 Å². The lowest BCUT2D eigenvalue weighted by Gasteiger charge is -2.33. The summed E-state index contributed by atoms with van der Waals surface area (Å²) in [4.78, 5) is 0. The van der Waals surface area contributed by atoms with Gasteiger partial charge < -0.3 is 0 Å². The van der Waals surface area contributed by atoms with Crippen molar-refractivity contribution in [1.82, 2.24) is 0 Å². The predicted octanol–water partition coefficient (Wildman–Crippen LogP) is 9.98. The highest BCUT2D eigenvalue weighted by atomic mass is 14.5. The average Bonchev–Trinajstić information content (AvgIpc) is 3.79. The molecule has 0 heteroatoms. The summed E-state index contributed by atoms with van der Waals surface area (Å²) in [5.74, 6) is 2.14. The molecule has 0 spiro atoms. The molecule has 0 saturated carbocycles. The second-order valence-electron chi connectivity index (χ2n) is 14.3. The van der Waals surface area contributed by atoms with E-state index in [1.165, 1.54) is 44.8 Å². The molecule has 0 amide bonds. The van der Waals surface area contributed by atoms with Crippen LogP contribution in [-0.4, -0.2) is 0 Å². The minimum Gasteiger partial charge on any atom is -0.0571 e. The third-order valence-corrected chi connectivity index (χ3v) is 13.8. The zero-order valence-electron chi connectivity index (χ0n) is 21.3. The van der Waals surface area contributed by atoms with Gasteiger partial charge in [0.25, 0.3) is 0 Å². The van der Waals surface area contributed by atoms with Gasteiger partial charge in [-0.25, -0.2) is 0 Å². The van der Waals surface area contributed by atoms with Crippen LogP contribution in [0.1, 0.15) is 81.0 Å². The van der Waals surface area contributed by atoms with Crippen LogP contribution >= 0.6 is 0 Å². The monoisotopic (exact) mass is 496 g/mol. The standard InChI is InChI=1S/C40H16/c1-2-12-14-5-6-16-18-9-10-20-19-8-7-17-15-4-3-13-11(1)21-22(12)32-24(14)26(16)34-29(18)30(20)35-28(19)27(17)33-25(15)23(13)31(21)36-37(32)39(34)40(35)38(33)36/h1-8,18,20,31,36H,9-10H2. The Morgan fingerprint density at radius 2 is 0.725 bits per heavy atom. The summed E-state index contributed by atoms with van der Waals surface area (Å²) >= 11 is 0. The van der Waals surface area contributed by atoms with Gasteiger partial charge in [0, 0.05) is 23.7 Å². The number of hydrogen-bond donors (Lipinski definition) is 0. The topological polar surface area (TPSA) is 0 Å². The van der Waals surface area contributed by atoms with Crippen molar-refractivity contribution in [2.24, 2.45) is 0 Å². The first-order valence-corrected chi connectivity index (χ1v) is 15.4. The van der Waals surface area contributed by atoms with Crippen molar-refractivity contribution in [3.8, 4) is 0 Å². The van der Waals surface area contributed by atoms with Gasteiger partial charge in [-0.15, -0.1) is 0 Å². The summed E-state index contributed by atoms with van der Waals surface area (Å²) in [6.07, 6.45) is 2.59. The molecule has 40 heavy (non-hydrogen) atoms. The van der Waals surface area contributed by atoms with Gasteiger partial charge in [-0.1, -0.05) is 48.5 Å². The van der Waals surface area contributed by atoms with Crippen molar-refractivity contribution < 1.29 is 0 Å². The molecule has 9 aromatic carbocycles. The highest BCUT2D eigenvalue weighted by Crippen LogP contribution is 2.73. The molecule has 0 bridgehead atoms. The molecule has 0 heterocycles. The molecule has 0 aliphatic heterocycles. The molecule has 2 unspecified atom stereocenters. The zero-order valence-corrected chi connectivity index (χ0v) is 21.3. The Bertz CT molecular complexity index is 2940. The first kappa shape index (κ1) is 16.6. The van der Waals surface area contributed by atoms with Crippen molar-refractivity contribution in [2.45, 2.75) is 36.5 Å². The number of benzene rings is 7. The van der Waals surface area contributed by atoms with E-state index in [0.717, 1.165) is 0 Å². The summed E-state index contributed by atoms with van der Waals surface area (Å²) in [6.45, 7) is 0. The maximum atomic E-state index is 2.56. The molecule has 0 N–H and O–H groups in total. The van der Waals surface area contributed by atoms with Gasteiger partial charge in [-0.05, 0) is 154 Å². The summed E-state index contributed by atoms with van der Waals surface area (Å²) < 4.78 is 0. The molecule has 0 fully saturated rings. The quantitative estimate of drug-likeness (QED) is 0.183. The van der Waals surface area contributed by atoms with Crippen molar-refractivity contribution in [3.63, 3.8) is 0 Å². The smallest absolute Gasteiger partial charge is 0.0225 e. The average molecular weight is 497 g/mol. The van der Waals surface area contributed by atoms with Crippen molar-refractivity contribution >= 4 is 86.2 Å². The Balaban J connectivity index is 1.48. The lowest BCUT2D eigenvalue weighted by atomic mass is 9.68. The van der Waals surface area contributed by atoms with E-state index in [1.54, 1.807) is 109 Å². The Kier molecular flexibility index (Phi) is 1.77. The summed E-state index contributed by atoms with van der Waals surface area (Å²) in [5.41, 5.74) is 13.7. The van der Waals surface area contributed by atoms with Gasteiger partial charge >= 0.3 is 0 Å². The fourth-order valence-corrected chi connectivity index (χ4v) is 13.1. The van der Waals surface area contributed by atoms with E-state index in [1.807, 2.05) is 0 Å². The van der Waals surface area contributed by atoms with E-state index in [9.17, 15) is 0 Å². The highest BCUT2D eigenvalue weighted by Gasteiger charge is 2.53. The predicted molar refractivity (Wildman–Crippen MR) is 163 cm³/mol. The molecule has 0 aromatic heterocycles. The zero-order chi connectivity index (χ0) is 24.4. The molecular formula is C40H16. The maximum Gasteiger partial charge on any atom is 0.0225 e. The van der Waals surface area contributed by atoms with Crippen molar-refractivity contribution in [1.29, 1.82) is 0 Å².